The monoisotopic (exact) mass is 186 g/mol. The molecule has 72 valence electrons. The zero-order valence-electron chi connectivity index (χ0n) is 8.20. The van der Waals surface area contributed by atoms with E-state index in [1.807, 2.05) is 12.1 Å². The van der Waals surface area contributed by atoms with Crippen LogP contribution in [0.15, 0.2) is 43.0 Å². The van der Waals surface area contributed by atoms with E-state index in [-0.39, 0.29) is 0 Å². The molecule has 0 N–H and O–H groups in total. The third-order valence-electron chi connectivity index (χ3n) is 2.39. The van der Waals surface area contributed by atoms with E-state index in [1.54, 1.807) is 6.08 Å². The van der Waals surface area contributed by atoms with E-state index in [1.165, 1.54) is 24.0 Å². The predicted molar refractivity (Wildman–Crippen MR) is 59.3 cm³/mol. The Bertz CT molecular complexity index is 363. The van der Waals surface area contributed by atoms with Gasteiger partial charge in [-0.2, -0.15) is 0 Å². The molecule has 1 heteroatoms. The van der Waals surface area contributed by atoms with Crippen molar-refractivity contribution in [2.24, 2.45) is 0 Å². The van der Waals surface area contributed by atoms with Crippen molar-refractivity contribution in [3.05, 3.63) is 48.6 Å². The fourth-order valence-electron chi connectivity index (χ4n) is 1.54. The van der Waals surface area contributed by atoms with E-state index >= 15 is 0 Å². The van der Waals surface area contributed by atoms with Gasteiger partial charge in [-0.15, -0.1) is 0 Å². The minimum Gasteiger partial charge on any atom is -0.489 e. The lowest BCUT2D eigenvalue weighted by molar-refractivity contribution is 0.362. The van der Waals surface area contributed by atoms with E-state index in [0.29, 0.717) is 6.61 Å². The second-order valence-electron chi connectivity index (χ2n) is 3.36. The van der Waals surface area contributed by atoms with Gasteiger partial charge < -0.3 is 4.74 Å². The van der Waals surface area contributed by atoms with Crippen molar-refractivity contribution in [1.82, 2.24) is 0 Å². The van der Waals surface area contributed by atoms with Gasteiger partial charge in [0, 0.05) is 5.56 Å². The molecule has 0 saturated carbocycles. The quantitative estimate of drug-likeness (QED) is 0.654. The molecule has 1 aromatic carbocycles. The second kappa shape index (κ2) is 4.14. The maximum absolute atomic E-state index is 5.58. The molecule has 0 atom stereocenters. The summed E-state index contributed by atoms with van der Waals surface area (Å²) in [6, 6.07) is 8.18. The Hall–Kier alpha value is -1.50. The van der Waals surface area contributed by atoms with Gasteiger partial charge in [-0.25, -0.2) is 0 Å². The van der Waals surface area contributed by atoms with Crippen molar-refractivity contribution in [2.45, 2.75) is 12.8 Å². The maximum Gasteiger partial charge on any atom is 0.127 e. The summed E-state index contributed by atoms with van der Waals surface area (Å²) < 4.78 is 5.58. The van der Waals surface area contributed by atoms with Crippen LogP contribution in [0.25, 0.3) is 5.57 Å². The summed E-state index contributed by atoms with van der Waals surface area (Å²) >= 11 is 0. The summed E-state index contributed by atoms with van der Waals surface area (Å²) in [7, 11) is 0. The fourth-order valence-corrected chi connectivity index (χ4v) is 1.54. The standard InChI is InChI=1S/C13H14O/c1-2-10-14-13-9-4-3-8-12(13)11-6-5-7-11/h2-4,6,8-9H,1,5,7,10H2. The molecular weight excluding hydrogens is 172 g/mol. The number of allylic oxidation sites excluding steroid dienone is 2. The molecule has 0 fully saturated rings. The molecule has 0 radical (unpaired) electrons. The van der Waals surface area contributed by atoms with E-state index in [0.717, 1.165) is 5.75 Å². The van der Waals surface area contributed by atoms with Crippen molar-refractivity contribution >= 4 is 5.57 Å². The van der Waals surface area contributed by atoms with E-state index in [4.69, 9.17) is 4.74 Å². The van der Waals surface area contributed by atoms with Gasteiger partial charge in [0.05, 0.1) is 0 Å². The Morgan fingerprint density at radius 3 is 2.79 bits per heavy atom. The fraction of sp³-hybridized carbons (Fsp3) is 0.231. The first-order chi connectivity index (χ1) is 6.92. The molecule has 0 unspecified atom stereocenters. The van der Waals surface area contributed by atoms with Crippen LogP contribution >= 0.6 is 0 Å². The summed E-state index contributed by atoms with van der Waals surface area (Å²) in [5.41, 5.74) is 2.64. The molecule has 14 heavy (non-hydrogen) atoms. The zero-order valence-corrected chi connectivity index (χ0v) is 8.20. The molecule has 0 heterocycles. The SMILES string of the molecule is C=CCOc1ccccc1C1=CCC1. The first kappa shape index (κ1) is 9.07. The highest BCUT2D eigenvalue weighted by molar-refractivity contribution is 5.74. The van der Waals surface area contributed by atoms with Crippen molar-refractivity contribution in [1.29, 1.82) is 0 Å². The van der Waals surface area contributed by atoms with Crippen LogP contribution in [-0.4, -0.2) is 6.61 Å². The molecule has 1 aliphatic rings. The molecule has 0 aromatic heterocycles. The zero-order chi connectivity index (χ0) is 9.80. The van der Waals surface area contributed by atoms with Gasteiger partial charge in [0.15, 0.2) is 0 Å². The van der Waals surface area contributed by atoms with Crippen LogP contribution in [0.2, 0.25) is 0 Å². The largest absolute Gasteiger partial charge is 0.489 e. The van der Waals surface area contributed by atoms with E-state index < -0.39 is 0 Å². The molecule has 1 nitrogen and oxygen atoms in total. The summed E-state index contributed by atoms with van der Waals surface area (Å²) in [6.45, 7) is 4.22. The molecule has 2 rings (SSSR count). The van der Waals surface area contributed by atoms with Crippen LogP contribution in [0, 0.1) is 0 Å². The first-order valence-electron chi connectivity index (χ1n) is 4.94. The molecular formula is C13H14O. The number of rotatable bonds is 4. The maximum atomic E-state index is 5.58. The highest BCUT2D eigenvalue weighted by atomic mass is 16.5. The number of hydrogen-bond acceptors (Lipinski definition) is 1. The Morgan fingerprint density at radius 2 is 2.14 bits per heavy atom. The minimum atomic E-state index is 0.574. The van der Waals surface area contributed by atoms with Gasteiger partial charge in [-0.3, -0.25) is 0 Å². The van der Waals surface area contributed by atoms with Gasteiger partial charge in [-0.05, 0) is 24.5 Å². The Morgan fingerprint density at radius 1 is 1.36 bits per heavy atom. The first-order valence-corrected chi connectivity index (χ1v) is 4.94. The predicted octanol–water partition coefficient (Wildman–Crippen LogP) is 3.43. The third kappa shape index (κ3) is 1.72. The molecule has 0 aliphatic heterocycles. The lowest BCUT2D eigenvalue weighted by Crippen LogP contribution is -1.99. The van der Waals surface area contributed by atoms with Gasteiger partial charge in [0.2, 0.25) is 0 Å². The van der Waals surface area contributed by atoms with Gasteiger partial charge >= 0.3 is 0 Å². The summed E-state index contributed by atoms with van der Waals surface area (Å²) in [5.74, 6) is 0.971. The average Bonchev–Trinajstić information content (AvgIpc) is 2.14. The van der Waals surface area contributed by atoms with Crippen molar-refractivity contribution in [2.75, 3.05) is 6.61 Å². The van der Waals surface area contributed by atoms with Gasteiger partial charge in [0.1, 0.15) is 12.4 Å². The number of benzene rings is 1. The van der Waals surface area contributed by atoms with Crippen LogP contribution in [-0.2, 0) is 0 Å². The average molecular weight is 186 g/mol. The normalized spacial score (nSPS) is 14.1. The Kier molecular flexibility index (Phi) is 2.68. The summed E-state index contributed by atoms with van der Waals surface area (Å²) in [5, 5.41) is 0. The molecule has 0 saturated heterocycles. The number of ether oxygens (including phenoxy) is 1. The van der Waals surface area contributed by atoms with Crippen LogP contribution in [0.1, 0.15) is 18.4 Å². The molecule has 0 bridgehead atoms. The Labute approximate surface area is 84.7 Å². The minimum absolute atomic E-state index is 0.574. The van der Waals surface area contributed by atoms with Crippen LogP contribution in [0.4, 0.5) is 0 Å². The smallest absolute Gasteiger partial charge is 0.127 e. The van der Waals surface area contributed by atoms with E-state index in [9.17, 15) is 0 Å². The molecule has 1 aromatic rings. The van der Waals surface area contributed by atoms with Crippen molar-refractivity contribution < 1.29 is 4.74 Å². The van der Waals surface area contributed by atoms with Crippen LogP contribution < -0.4 is 4.74 Å². The summed E-state index contributed by atoms with van der Waals surface area (Å²) in [6.07, 6.45) is 6.40. The van der Waals surface area contributed by atoms with Crippen molar-refractivity contribution in [3.8, 4) is 5.75 Å². The number of para-hydroxylation sites is 1. The molecule has 1 aliphatic carbocycles. The van der Waals surface area contributed by atoms with Crippen molar-refractivity contribution in [3.63, 3.8) is 0 Å². The topological polar surface area (TPSA) is 9.23 Å². The highest BCUT2D eigenvalue weighted by Gasteiger charge is 2.12. The Balaban J connectivity index is 2.23. The van der Waals surface area contributed by atoms with Crippen LogP contribution in [0.5, 0.6) is 5.75 Å². The van der Waals surface area contributed by atoms with Crippen LogP contribution in [0.3, 0.4) is 0 Å². The van der Waals surface area contributed by atoms with E-state index in [2.05, 4.69) is 24.8 Å². The summed E-state index contributed by atoms with van der Waals surface area (Å²) in [4.78, 5) is 0. The lowest BCUT2D eigenvalue weighted by Gasteiger charge is -2.17. The third-order valence-corrected chi connectivity index (χ3v) is 2.39. The van der Waals surface area contributed by atoms with Gasteiger partial charge in [-0.1, -0.05) is 36.9 Å². The second-order valence-corrected chi connectivity index (χ2v) is 3.36. The lowest BCUT2D eigenvalue weighted by atomic mass is 9.91. The number of hydrogen-bond donors (Lipinski definition) is 0. The van der Waals surface area contributed by atoms with Gasteiger partial charge in [0.25, 0.3) is 0 Å². The molecule has 0 amide bonds. The highest BCUT2D eigenvalue weighted by Crippen LogP contribution is 2.34. The molecule has 0 spiro atoms.